The van der Waals surface area contributed by atoms with Crippen molar-refractivity contribution in [2.45, 2.75) is 20.4 Å². The fraction of sp³-hybridized carbons (Fsp3) is 0.190. The number of rotatable bonds is 7. The predicted molar refractivity (Wildman–Crippen MR) is 108 cm³/mol. The molecule has 0 atom stereocenters. The summed E-state index contributed by atoms with van der Waals surface area (Å²) < 4.78 is 37.9. The molecule has 0 saturated carbocycles. The molecule has 1 heterocycles. The number of anilines is 1. The summed E-state index contributed by atoms with van der Waals surface area (Å²) in [5.41, 5.74) is 0.591. The Morgan fingerprint density at radius 3 is 2.67 bits per heavy atom. The molecule has 0 bridgehead atoms. The Morgan fingerprint density at radius 1 is 1.13 bits per heavy atom. The second kappa shape index (κ2) is 9.49. The first-order valence-electron chi connectivity index (χ1n) is 9.03. The van der Waals surface area contributed by atoms with E-state index in [9.17, 15) is 13.6 Å². The Balaban J connectivity index is 1.81. The lowest BCUT2D eigenvalue weighted by Crippen LogP contribution is -2.11. The van der Waals surface area contributed by atoms with Crippen LogP contribution in [0.4, 0.5) is 14.6 Å². The SMILES string of the molecule is CCOC(=O)c1cc(NCc2cc(F)ccc2Oc2ccc(F)c(Cl)c2)nc(C)n1. The number of carbonyl (C=O) groups excluding carboxylic acids is 1. The summed E-state index contributed by atoms with van der Waals surface area (Å²) in [6.45, 7) is 3.70. The zero-order chi connectivity index (χ0) is 21.7. The first kappa shape index (κ1) is 21.4. The topological polar surface area (TPSA) is 73.3 Å². The van der Waals surface area contributed by atoms with E-state index in [0.717, 1.165) is 0 Å². The van der Waals surface area contributed by atoms with Gasteiger partial charge in [-0.1, -0.05) is 11.6 Å². The van der Waals surface area contributed by atoms with Gasteiger partial charge < -0.3 is 14.8 Å². The van der Waals surface area contributed by atoms with E-state index in [1.807, 2.05) is 0 Å². The molecule has 0 amide bonds. The van der Waals surface area contributed by atoms with Crippen LogP contribution in [0.2, 0.25) is 5.02 Å². The first-order chi connectivity index (χ1) is 14.4. The van der Waals surface area contributed by atoms with Crippen LogP contribution in [-0.4, -0.2) is 22.5 Å². The second-order valence-corrected chi connectivity index (χ2v) is 6.60. The highest BCUT2D eigenvalue weighted by Crippen LogP contribution is 2.29. The standard InChI is InChI=1S/C21H18ClF2N3O3/c1-3-29-21(28)18-10-20(27-12(2)26-18)25-11-13-8-14(23)4-7-19(13)30-15-5-6-17(24)16(22)9-15/h4-10H,3,11H2,1-2H3,(H,25,26,27). The normalized spacial score (nSPS) is 10.6. The zero-order valence-electron chi connectivity index (χ0n) is 16.2. The number of hydrogen-bond donors (Lipinski definition) is 1. The maximum Gasteiger partial charge on any atom is 0.357 e. The molecule has 0 radical (unpaired) electrons. The molecule has 156 valence electrons. The zero-order valence-corrected chi connectivity index (χ0v) is 17.0. The number of halogens is 3. The molecule has 2 aromatic carbocycles. The molecule has 30 heavy (non-hydrogen) atoms. The molecule has 0 aliphatic carbocycles. The number of aromatic nitrogens is 2. The van der Waals surface area contributed by atoms with E-state index in [0.29, 0.717) is 28.7 Å². The number of hydrogen-bond acceptors (Lipinski definition) is 6. The molecule has 3 aromatic rings. The molecule has 0 aliphatic heterocycles. The lowest BCUT2D eigenvalue weighted by atomic mass is 10.2. The Kier molecular flexibility index (Phi) is 6.79. The van der Waals surface area contributed by atoms with Crippen LogP contribution in [0.1, 0.15) is 28.8 Å². The minimum Gasteiger partial charge on any atom is -0.461 e. The molecule has 0 fully saturated rings. The fourth-order valence-corrected chi connectivity index (χ4v) is 2.78. The second-order valence-electron chi connectivity index (χ2n) is 6.19. The Hall–Kier alpha value is -3.26. The molecule has 0 spiro atoms. The molecule has 6 nitrogen and oxygen atoms in total. The van der Waals surface area contributed by atoms with Gasteiger partial charge >= 0.3 is 5.97 Å². The molecule has 0 unspecified atom stereocenters. The number of carbonyl (C=O) groups is 1. The Bertz CT molecular complexity index is 1080. The predicted octanol–water partition coefficient (Wildman–Crippen LogP) is 5.30. The van der Waals surface area contributed by atoms with Crippen molar-refractivity contribution in [1.29, 1.82) is 0 Å². The van der Waals surface area contributed by atoms with Crippen molar-refractivity contribution in [2.24, 2.45) is 0 Å². The van der Waals surface area contributed by atoms with Crippen LogP contribution in [0.5, 0.6) is 11.5 Å². The average Bonchev–Trinajstić information content (AvgIpc) is 2.70. The third-order valence-electron chi connectivity index (χ3n) is 3.92. The van der Waals surface area contributed by atoms with Crippen molar-refractivity contribution in [2.75, 3.05) is 11.9 Å². The van der Waals surface area contributed by atoms with E-state index < -0.39 is 17.6 Å². The third kappa shape index (κ3) is 5.42. The fourth-order valence-electron chi connectivity index (χ4n) is 2.61. The van der Waals surface area contributed by atoms with Gasteiger partial charge in [0.1, 0.15) is 34.8 Å². The molecule has 1 N–H and O–H groups in total. The molecule has 1 aromatic heterocycles. The number of esters is 1. The van der Waals surface area contributed by atoms with Gasteiger partial charge in [-0.3, -0.25) is 0 Å². The smallest absolute Gasteiger partial charge is 0.357 e. The highest BCUT2D eigenvalue weighted by molar-refractivity contribution is 6.30. The minimum atomic E-state index is -0.568. The van der Waals surface area contributed by atoms with Crippen molar-refractivity contribution < 1.29 is 23.0 Å². The highest BCUT2D eigenvalue weighted by atomic mass is 35.5. The summed E-state index contributed by atoms with van der Waals surface area (Å²) in [4.78, 5) is 20.2. The molecule has 9 heteroatoms. The quantitative estimate of drug-likeness (QED) is 0.510. The number of nitrogens with zero attached hydrogens (tertiary/aromatic N) is 2. The molecule has 0 aliphatic rings. The Morgan fingerprint density at radius 2 is 1.93 bits per heavy atom. The van der Waals surface area contributed by atoms with E-state index in [1.54, 1.807) is 13.8 Å². The Labute approximate surface area is 176 Å². The number of ether oxygens (including phenoxy) is 2. The van der Waals surface area contributed by atoms with Crippen LogP contribution in [0, 0.1) is 18.6 Å². The summed E-state index contributed by atoms with van der Waals surface area (Å²) in [5.74, 6) is -0.192. The summed E-state index contributed by atoms with van der Waals surface area (Å²) in [6.07, 6.45) is 0. The van der Waals surface area contributed by atoms with Gasteiger partial charge in [0.05, 0.1) is 11.6 Å². The van der Waals surface area contributed by atoms with Gasteiger partial charge in [0.15, 0.2) is 5.69 Å². The van der Waals surface area contributed by atoms with Crippen molar-refractivity contribution >= 4 is 23.4 Å². The third-order valence-corrected chi connectivity index (χ3v) is 4.21. The van der Waals surface area contributed by atoms with E-state index in [2.05, 4.69) is 15.3 Å². The van der Waals surface area contributed by atoms with Crippen LogP contribution in [0.15, 0.2) is 42.5 Å². The maximum absolute atomic E-state index is 13.8. The van der Waals surface area contributed by atoms with Crippen LogP contribution in [0.25, 0.3) is 0 Å². The van der Waals surface area contributed by atoms with Gasteiger partial charge in [0.2, 0.25) is 0 Å². The molecular formula is C21H18ClF2N3O3. The molecule has 3 rings (SSSR count). The van der Waals surface area contributed by atoms with Gasteiger partial charge in [-0.25, -0.2) is 23.5 Å². The van der Waals surface area contributed by atoms with E-state index in [-0.39, 0.29) is 23.9 Å². The summed E-state index contributed by atoms with van der Waals surface area (Å²) in [6, 6.07) is 9.38. The lowest BCUT2D eigenvalue weighted by molar-refractivity contribution is 0.0519. The maximum atomic E-state index is 13.8. The van der Waals surface area contributed by atoms with Gasteiger partial charge in [0, 0.05) is 24.2 Å². The molecule has 0 saturated heterocycles. The summed E-state index contributed by atoms with van der Waals surface area (Å²) in [5, 5.41) is 2.94. The van der Waals surface area contributed by atoms with Crippen molar-refractivity contribution in [3.63, 3.8) is 0 Å². The van der Waals surface area contributed by atoms with E-state index in [4.69, 9.17) is 21.1 Å². The molecular weight excluding hydrogens is 416 g/mol. The summed E-state index contributed by atoms with van der Waals surface area (Å²) >= 11 is 5.78. The minimum absolute atomic E-state index is 0.0859. The number of nitrogens with one attached hydrogen (secondary N) is 1. The van der Waals surface area contributed by atoms with Gasteiger partial charge in [-0.15, -0.1) is 0 Å². The average molecular weight is 434 g/mol. The van der Waals surface area contributed by atoms with E-state index in [1.165, 1.54) is 42.5 Å². The van der Waals surface area contributed by atoms with Gasteiger partial charge in [0.25, 0.3) is 0 Å². The lowest BCUT2D eigenvalue weighted by Gasteiger charge is -2.13. The van der Waals surface area contributed by atoms with Crippen molar-refractivity contribution in [1.82, 2.24) is 9.97 Å². The van der Waals surface area contributed by atoms with Crippen LogP contribution in [-0.2, 0) is 11.3 Å². The number of aryl methyl sites for hydroxylation is 1. The highest BCUT2D eigenvalue weighted by Gasteiger charge is 2.13. The largest absolute Gasteiger partial charge is 0.461 e. The monoisotopic (exact) mass is 433 g/mol. The summed E-state index contributed by atoms with van der Waals surface area (Å²) in [7, 11) is 0. The van der Waals surface area contributed by atoms with Gasteiger partial charge in [-0.05, 0) is 44.2 Å². The van der Waals surface area contributed by atoms with Crippen LogP contribution < -0.4 is 10.1 Å². The van der Waals surface area contributed by atoms with Gasteiger partial charge in [-0.2, -0.15) is 0 Å². The van der Waals surface area contributed by atoms with Crippen molar-refractivity contribution in [3.8, 4) is 11.5 Å². The van der Waals surface area contributed by atoms with Crippen LogP contribution >= 0.6 is 11.6 Å². The first-order valence-corrected chi connectivity index (χ1v) is 9.41. The van der Waals surface area contributed by atoms with Crippen molar-refractivity contribution in [3.05, 3.63) is 76.2 Å². The van der Waals surface area contributed by atoms with Crippen LogP contribution in [0.3, 0.4) is 0 Å². The number of benzene rings is 2. The van der Waals surface area contributed by atoms with E-state index >= 15 is 0 Å².